The van der Waals surface area contributed by atoms with Gasteiger partial charge in [-0.3, -0.25) is 0 Å². The molecule has 4 heteroatoms. The minimum absolute atomic E-state index is 0.0446. The molecule has 1 heterocycles. The molecule has 0 radical (unpaired) electrons. The summed E-state index contributed by atoms with van der Waals surface area (Å²) in [4.78, 5) is 15.4. The Morgan fingerprint density at radius 2 is 1.77 bits per heavy atom. The van der Waals surface area contributed by atoms with Crippen LogP contribution in [0.1, 0.15) is 11.1 Å². The highest BCUT2D eigenvalue weighted by molar-refractivity contribution is 7.99. The fourth-order valence-corrected chi connectivity index (χ4v) is 3.41. The van der Waals surface area contributed by atoms with E-state index in [4.69, 9.17) is 0 Å². The van der Waals surface area contributed by atoms with Gasteiger partial charge in [-0.2, -0.15) is 0 Å². The molecular weight excluding hydrogens is 292 g/mol. The van der Waals surface area contributed by atoms with Gasteiger partial charge in [0.05, 0.1) is 0 Å². The van der Waals surface area contributed by atoms with Gasteiger partial charge in [0.2, 0.25) is 0 Å². The zero-order valence-corrected chi connectivity index (χ0v) is 13.3. The van der Waals surface area contributed by atoms with Gasteiger partial charge >= 0.3 is 6.03 Å². The maximum absolute atomic E-state index is 12.2. The van der Waals surface area contributed by atoms with Gasteiger partial charge in [-0.1, -0.05) is 42.5 Å². The maximum Gasteiger partial charge on any atom is 0.317 e. The van der Waals surface area contributed by atoms with Gasteiger partial charge in [-0.05, 0) is 29.7 Å². The molecule has 0 fully saturated rings. The average Bonchev–Trinajstić information content (AvgIpc) is 2.59. The number of rotatable bonds is 4. The molecule has 0 aliphatic carbocycles. The van der Waals surface area contributed by atoms with Crippen molar-refractivity contribution < 1.29 is 4.79 Å². The van der Waals surface area contributed by atoms with E-state index in [9.17, 15) is 4.79 Å². The van der Waals surface area contributed by atoms with Crippen LogP contribution in [0.25, 0.3) is 0 Å². The van der Waals surface area contributed by atoms with E-state index in [1.54, 1.807) is 11.8 Å². The Kier molecular flexibility index (Phi) is 5.01. The Morgan fingerprint density at radius 3 is 2.59 bits per heavy atom. The number of hydrogen-bond acceptors (Lipinski definition) is 2. The van der Waals surface area contributed by atoms with E-state index in [0.29, 0.717) is 13.1 Å². The zero-order valence-electron chi connectivity index (χ0n) is 12.5. The smallest absolute Gasteiger partial charge is 0.317 e. The quantitative estimate of drug-likeness (QED) is 0.692. The maximum atomic E-state index is 12.2. The van der Waals surface area contributed by atoms with E-state index in [1.165, 1.54) is 16.0 Å². The van der Waals surface area contributed by atoms with E-state index >= 15 is 0 Å². The van der Waals surface area contributed by atoms with Crippen molar-refractivity contribution in [1.82, 2.24) is 10.2 Å². The third-order valence-electron chi connectivity index (χ3n) is 3.81. The first-order chi connectivity index (χ1) is 10.8. The van der Waals surface area contributed by atoms with Crippen molar-refractivity contribution >= 4 is 17.8 Å². The van der Waals surface area contributed by atoms with Gasteiger partial charge in [0.15, 0.2) is 0 Å². The molecule has 2 amide bonds. The summed E-state index contributed by atoms with van der Waals surface area (Å²) in [5.41, 5.74) is 2.63. The summed E-state index contributed by atoms with van der Waals surface area (Å²) in [6.07, 6.45) is 0.947. The number of amides is 2. The van der Waals surface area contributed by atoms with Crippen LogP contribution in [-0.2, 0) is 13.0 Å². The molecule has 1 aliphatic rings. The van der Waals surface area contributed by atoms with Crippen LogP contribution >= 0.6 is 11.8 Å². The molecule has 22 heavy (non-hydrogen) atoms. The summed E-state index contributed by atoms with van der Waals surface area (Å²) in [5, 5.41) is 3.02. The lowest BCUT2D eigenvalue weighted by molar-refractivity contribution is 0.193. The average molecular weight is 312 g/mol. The summed E-state index contributed by atoms with van der Waals surface area (Å²) in [7, 11) is 0. The third-order valence-corrected chi connectivity index (χ3v) is 4.82. The molecule has 0 spiro atoms. The summed E-state index contributed by atoms with van der Waals surface area (Å²) in [6.45, 7) is 2.21. The zero-order chi connectivity index (χ0) is 15.2. The van der Waals surface area contributed by atoms with E-state index in [0.717, 1.165) is 18.7 Å². The number of thioether (sulfide) groups is 1. The van der Waals surface area contributed by atoms with Gasteiger partial charge in [0, 0.05) is 30.3 Å². The molecule has 3 rings (SSSR count). The predicted octanol–water partition coefficient (Wildman–Crippen LogP) is 3.55. The molecule has 0 unspecified atom stereocenters. The van der Waals surface area contributed by atoms with Gasteiger partial charge in [-0.25, -0.2) is 4.79 Å². The molecule has 0 aromatic heterocycles. The van der Waals surface area contributed by atoms with Crippen LogP contribution in [0, 0.1) is 0 Å². The first-order valence-corrected chi connectivity index (χ1v) is 8.59. The number of carbonyl (C=O) groups is 1. The van der Waals surface area contributed by atoms with Crippen LogP contribution in [0.2, 0.25) is 0 Å². The van der Waals surface area contributed by atoms with Crippen molar-refractivity contribution in [3.8, 4) is 0 Å². The van der Waals surface area contributed by atoms with E-state index in [2.05, 4.69) is 35.6 Å². The van der Waals surface area contributed by atoms with Crippen LogP contribution in [0.3, 0.4) is 0 Å². The lowest BCUT2D eigenvalue weighted by atomic mass is 10.0. The fourth-order valence-electron chi connectivity index (χ4n) is 2.62. The second-order valence-electron chi connectivity index (χ2n) is 5.33. The lowest BCUT2D eigenvalue weighted by Gasteiger charge is -2.28. The van der Waals surface area contributed by atoms with E-state index < -0.39 is 0 Å². The van der Waals surface area contributed by atoms with Crippen molar-refractivity contribution in [1.29, 1.82) is 0 Å². The number of carbonyl (C=O) groups excluding carboxylic acids is 1. The minimum Gasteiger partial charge on any atom is -0.337 e. The first-order valence-electron chi connectivity index (χ1n) is 7.60. The highest BCUT2D eigenvalue weighted by Crippen LogP contribution is 2.18. The van der Waals surface area contributed by atoms with Crippen molar-refractivity contribution in [3.05, 3.63) is 65.7 Å². The molecule has 2 aromatic rings. The topological polar surface area (TPSA) is 32.3 Å². The summed E-state index contributed by atoms with van der Waals surface area (Å²) >= 11 is 1.76. The molecule has 1 N–H and O–H groups in total. The standard InChI is InChI=1S/C18H20N2OS/c21-18(19-11-13-22-17-8-2-1-3-9-17)20-12-10-15-6-4-5-7-16(15)14-20/h1-9H,10-14H2,(H,19,21). The van der Waals surface area contributed by atoms with Crippen LogP contribution in [0.5, 0.6) is 0 Å². The molecule has 0 saturated carbocycles. The number of benzene rings is 2. The molecule has 0 saturated heterocycles. The minimum atomic E-state index is 0.0446. The van der Waals surface area contributed by atoms with Crippen LogP contribution in [-0.4, -0.2) is 29.8 Å². The number of fused-ring (bicyclic) bond motifs is 1. The van der Waals surface area contributed by atoms with Crippen molar-refractivity contribution in [3.63, 3.8) is 0 Å². The first kappa shape index (κ1) is 15.0. The highest BCUT2D eigenvalue weighted by Gasteiger charge is 2.19. The van der Waals surface area contributed by atoms with Crippen LogP contribution < -0.4 is 5.32 Å². The van der Waals surface area contributed by atoms with E-state index in [-0.39, 0.29) is 6.03 Å². The summed E-state index contributed by atoms with van der Waals surface area (Å²) in [6, 6.07) is 18.7. The monoisotopic (exact) mass is 312 g/mol. The second kappa shape index (κ2) is 7.36. The normalized spacial score (nSPS) is 13.5. The largest absolute Gasteiger partial charge is 0.337 e. The van der Waals surface area contributed by atoms with Gasteiger partial charge in [0.1, 0.15) is 0 Å². The Balaban J connectivity index is 1.43. The lowest BCUT2D eigenvalue weighted by Crippen LogP contribution is -2.43. The Hall–Kier alpha value is -1.94. The Labute approximate surface area is 135 Å². The summed E-state index contributed by atoms with van der Waals surface area (Å²) < 4.78 is 0. The number of urea groups is 1. The van der Waals surface area contributed by atoms with Crippen LogP contribution in [0.4, 0.5) is 4.79 Å². The number of nitrogens with one attached hydrogen (secondary N) is 1. The number of nitrogens with zero attached hydrogens (tertiary/aromatic N) is 1. The van der Waals surface area contributed by atoms with E-state index in [1.807, 2.05) is 29.2 Å². The predicted molar refractivity (Wildman–Crippen MR) is 91.1 cm³/mol. The fraction of sp³-hybridized carbons (Fsp3) is 0.278. The number of hydrogen-bond donors (Lipinski definition) is 1. The highest BCUT2D eigenvalue weighted by atomic mass is 32.2. The Morgan fingerprint density at radius 1 is 1.05 bits per heavy atom. The summed E-state index contributed by atoms with van der Waals surface area (Å²) in [5.74, 6) is 0.889. The van der Waals surface area contributed by atoms with Gasteiger partial charge < -0.3 is 10.2 Å². The van der Waals surface area contributed by atoms with Gasteiger partial charge in [-0.15, -0.1) is 11.8 Å². The molecule has 2 aromatic carbocycles. The van der Waals surface area contributed by atoms with Crippen molar-refractivity contribution in [2.45, 2.75) is 17.9 Å². The van der Waals surface area contributed by atoms with Gasteiger partial charge in [0.25, 0.3) is 0 Å². The molecular formula is C18H20N2OS. The molecule has 0 bridgehead atoms. The van der Waals surface area contributed by atoms with Crippen LogP contribution in [0.15, 0.2) is 59.5 Å². The second-order valence-corrected chi connectivity index (χ2v) is 6.50. The molecule has 114 valence electrons. The SMILES string of the molecule is O=C(NCCSc1ccccc1)N1CCc2ccccc2C1. The van der Waals surface area contributed by atoms with Crippen molar-refractivity contribution in [2.24, 2.45) is 0 Å². The molecule has 3 nitrogen and oxygen atoms in total. The third kappa shape index (κ3) is 3.83. The van der Waals surface area contributed by atoms with Crippen molar-refractivity contribution in [2.75, 3.05) is 18.8 Å². The molecule has 1 aliphatic heterocycles. The molecule has 0 atom stereocenters. The Bertz CT molecular complexity index is 630.